The van der Waals surface area contributed by atoms with Crippen molar-refractivity contribution >= 4 is 40.0 Å². The molecule has 1 aromatic carbocycles. The maximum absolute atomic E-state index is 11.1. The Morgan fingerprint density at radius 3 is 2.60 bits per heavy atom. The van der Waals surface area contributed by atoms with Crippen molar-refractivity contribution in [3.05, 3.63) is 29.3 Å². The Balaban J connectivity index is 0.00000576. The molecule has 0 aliphatic rings. The first-order chi connectivity index (χ1) is 11.3. The van der Waals surface area contributed by atoms with E-state index < -0.39 is 10.0 Å². The number of rotatable bonds is 8. The number of nitrogens with one attached hydrogen (secondary N) is 3. The number of guanidine groups is 1. The highest BCUT2D eigenvalue weighted by molar-refractivity contribution is 14.0. The van der Waals surface area contributed by atoms with E-state index in [-0.39, 0.29) is 36.6 Å². The van der Waals surface area contributed by atoms with Gasteiger partial charge in [0.15, 0.2) is 5.96 Å². The Bertz CT molecular complexity index is 665. The molecule has 1 aromatic rings. The molecule has 25 heavy (non-hydrogen) atoms. The first-order valence-corrected chi connectivity index (χ1v) is 9.80. The monoisotopic (exact) mass is 484 g/mol. The number of hydrogen-bond acceptors (Lipinski definition) is 4. The summed E-state index contributed by atoms with van der Waals surface area (Å²) in [5, 5.41) is 6.47. The average Bonchev–Trinajstić information content (AvgIpc) is 2.50. The number of aliphatic imine (C=N–C) groups is 1. The second-order valence-electron chi connectivity index (χ2n) is 5.54. The van der Waals surface area contributed by atoms with Crippen molar-refractivity contribution in [2.45, 2.75) is 26.8 Å². The van der Waals surface area contributed by atoms with E-state index in [1.807, 2.05) is 32.9 Å². The van der Waals surface area contributed by atoms with Crippen molar-refractivity contribution in [2.24, 2.45) is 4.99 Å². The molecule has 1 atom stereocenters. The summed E-state index contributed by atoms with van der Waals surface area (Å²) in [6.07, 6.45) is 1.13. The fourth-order valence-electron chi connectivity index (χ4n) is 2.19. The third-order valence-electron chi connectivity index (χ3n) is 3.30. The van der Waals surface area contributed by atoms with E-state index in [0.29, 0.717) is 19.0 Å². The summed E-state index contributed by atoms with van der Waals surface area (Å²) in [5.74, 6) is 1.44. The zero-order chi connectivity index (χ0) is 18.2. The van der Waals surface area contributed by atoms with Gasteiger partial charge >= 0.3 is 0 Å². The topological polar surface area (TPSA) is 91.8 Å². The zero-order valence-corrected chi connectivity index (χ0v) is 18.6. The maximum atomic E-state index is 11.1. The van der Waals surface area contributed by atoms with Gasteiger partial charge in [0, 0.05) is 18.7 Å². The molecule has 3 N–H and O–H groups in total. The van der Waals surface area contributed by atoms with Gasteiger partial charge in [0.1, 0.15) is 5.75 Å². The molecule has 9 heteroatoms. The van der Waals surface area contributed by atoms with E-state index in [1.165, 1.54) is 0 Å². The van der Waals surface area contributed by atoms with Gasteiger partial charge in [-0.2, -0.15) is 0 Å². The van der Waals surface area contributed by atoms with Gasteiger partial charge in [0.05, 0.1) is 26.0 Å². The lowest BCUT2D eigenvalue weighted by atomic mass is 10.0. The molecule has 0 spiro atoms. The lowest BCUT2D eigenvalue weighted by Crippen LogP contribution is -2.39. The second kappa shape index (κ2) is 11.5. The number of sulfonamides is 1. The predicted molar refractivity (Wildman–Crippen MR) is 114 cm³/mol. The molecule has 0 saturated carbocycles. The highest BCUT2D eigenvalue weighted by Gasteiger charge is 2.13. The van der Waals surface area contributed by atoms with Crippen LogP contribution in [-0.2, 0) is 10.0 Å². The van der Waals surface area contributed by atoms with Crippen LogP contribution in [-0.4, -0.2) is 47.4 Å². The van der Waals surface area contributed by atoms with E-state index in [2.05, 4.69) is 26.4 Å². The number of ether oxygens (including phenoxy) is 1. The standard InChI is InChI=1S/C16H28N4O3S.HI/c1-6-17-16(18-9-10-19-24(5,21)22)20-13(3)14-11-12(2)7-8-15(14)23-4;/h7-8,11,13,19H,6,9-10H2,1-5H3,(H2,17,18,20);1H. The van der Waals surface area contributed by atoms with Gasteiger partial charge in [0.25, 0.3) is 0 Å². The molecule has 144 valence electrons. The Kier molecular flexibility index (Phi) is 11.0. The van der Waals surface area contributed by atoms with Crippen LogP contribution in [0.25, 0.3) is 0 Å². The van der Waals surface area contributed by atoms with E-state index in [9.17, 15) is 8.42 Å². The molecule has 0 fully saturated rings. The maximum Gasteiger partial charge on any atom is 0.208 e. The van der Waals surface area contributed by atoms with Crippen LogP contribution in [0, 0.1) is 6.92 Å². The minimum atomic E-state index is -3.19. The molecule has 0 amide bonds. The molecule has 0 aliphatic carbocycles. The summed E-state index contributed by atoms with van der Waals surface area (Å²) in [7, 11) is -1.54. The largest absolute Gasteiger partial charge is 0.496 e. The number of methoxy groups -OCH3 is 1. The molecule has 0 bridgehead atoms. The Hall–Kier alpha value is -1.07. The van der Waals surface area contributed by atoms with Crippen LogP contribution in [0.15, 0.2) is 23.2 Å². The fraction of sp³-hybridized carbons (Fsp3) is 0.562. The van der Waals surface area contributed by atoms with Crippen LogP contribution in [0.4, 0.5) is 0 Å². The SMILES string of the molecule is CCNC(=NCCNS(C)(=O)=O)NC(C)c1cc(C)ccc1OC.I. The molecular weight excluding hydrogens is 455 g/mol. The van der Waals surface area contributed by atoms with Crippen LogP contribution in [0.5, 0.6) is 5.75 Å². The van der Waals surface area contributed by atoms with Gasteiger partial charge in [-0.15, -0.1) is 24.0 Å². The number of halogens is 1. The smallest absolute Gasteiger partial charge is 0.208 e. The Morgan fingerprint density at radius 2 is 2.04 bits per heavy atom. The third-order valence-corrected chi connectivity index (χ3v) is 4.02. The zero-order valence-electron chi connectivity index (χ0n) is 15.4. The number of aryl methyl sites for hydroxylation is 1. The Labute approximate surface area is 168 Å². The molecule has 0 heterocycles. The van der Waals surface area contributed by atoms with E-state index in [1.54, 1.807) is 7.11 Å². The van der Waals surface area contributed by atoms with Crippen molar-refractivity contribution in [1.29, 1.82) is 0 Å². The van der Waals surface area contributed by atoms with E-state index >= 15 is 0 Å². The van der Waals surface area contributed by atoms with Crippen LogP contribution < -0.4 is 20.1 Å². The molecule has 1 unspecified atom stereocenters. The van der Waals surface area contributed by atoms with Crippen molar-refractivity contribution in [3.8, 4) is 5.75 Å². The van der Waals surface area contributed by atoms with Gasteiger partial charge in [-0.25, -0.2) is 13.1 Å². The van der Waals surface area contributed by atoms with Gasteiger partial charge in [0.2, 0.25) is 10.0 Å². The quantitative estimate of drug-likeness (QED) is 0.227. The predicted octanol–water partition coefficient (Wildman–Crippen LogP) is 1.79. The van der Waals surface area contributed by atoms with Crippen molar-refractivity contribution < 1.29 is 13.2 Å². The molecule has 0 saturated heterocycles. The van der Waals surface area contributed by atoms with Crippen molar-refractivity contribution in [2.75, 3.05) is 33.0 Å². The number of benzene rings is 1. The minimum Gasteiger partial charge on any atom is -0.496 e. The van der Waals surface area contributed by atoms with Crippen molar-refractivity contribution in [1.82, 2.24) is 15.4 Å². The fourth-order valence-corrected chi connectivity index (χ4v) is 2.66. The molecule has 7 nitrogen and oxygen atoms in total. The molecule has 0 radical (unpaired) electrons. The lowest BCUT2D eigenvalue weighted by Gasteiger charge is -2.20. The average molecular weight is 484 g/mol. The van der Waals surface area contributed by atoms with Crippen molar-refractivity contribution in [3.63, 3.8) is 0 Å². The minimum absolute atomic E-state index is 0. The molecule has 0 aliphatic heterocycles. The first kappa shape index (κ1) is 23.9. The Morgan fingerprint density at radius 1 is 1.36 bits per heavy atom. The normalized spacial score (nSPS) is 12.9. The summed E-state index contributed by atoms with van der Waals surface area (Å²) in [5.41, 5.74) is 2.19. The summed E-state index contributed by atoms with van der Waals surface area (Å²) in [4.78, 5) is 4.39. The first-order valence-electron chi connectivity index (χ1n) is 7.90. The summed E-state index contributed by atoms with van der Waals surface area (Å²) < 4.78 is 30.0. The highest BCUT2D eigenvalue weighted by atomic mass is 127. The second-order valence-corrected chi connectivity index (χ2v) is 7.37. The van der Waals surface area contributed by atoms with Crippen LogP contribution >= 0.6 is 24.0 Å². The molecular formula is C16H29IN4O3S. The highest BCUT2D eigenvalue weighted by Crippen LogP contribution is 2.25. The summed E-state index contributed by atoms with van der Waals surface area (Å²) in [6.45, 7) is 7.36. The summed E-state index contributed by atoms with van der Waals surface area (Å²) in [6, 6.07) is 6.01. The number of hydrogen-bond donors (Lipinski definition) is 3. The van der Waals surface area contributed by atoms with E-state index in [4.69, 9.17) is 4.74 Å². The van der Waals surface area contributed by atoms with E-state index in [0.717, 1.165) is 23.1 Å². The lowest BCUT2D eigenvalue weighted by molar-refractivity contribution is 0.405. The van der Waals surface area contributed by atoms with Gasteiger partial charge < -0.3 is 15.4 Å². The summed E-state index contributed by atoms with van der Waals surface area (Å²) >= 11 is 0. The van der Waals surface area contributed by atoms with Gasteiger partial charge in [-0.1, -0.05) is 17.7 Å². The third kappa shape index (κ3) is 9.26. The van der Waals surface area contributed by atoms with Crippen LogP contribution in [0.1, 0.15) is 31.0 Å². The molecule has 0 aromatic heterocycles. The number of nitrogens with zero attached hydrogens (tertiary/aromatic N) is 1. The van der Waals surface area contributed by atoms with Gasteiger partial charge in [-0.05, 0) is 26.8 Å². The van der Waals surface area contributed by atoms with Crippen LogP contribution in [0.2, 0.25) is 0 Å². The molecule has 1 rings (SSSR count). The van der Waals surface area contributed by atoms with Gasteiger partial charge in [-0.3, -0.25) is 4.99 Å². The van der Waals surface area contributed by atoms with Crippen LogP contribution in [0.3, 0.4) is 0 Å².